The molecule has 5 atom stereocenters. The summed E-state index contributed by atoms with van der Waals surface area (Å²) in [6, 6.07) is -0.445. The molecule has 1 aliphatic carbocycles. The molecule has 1 saturated carbocycles. The molecule has 1 aromatic carbocycles. The highest BCUT2D eigenvalue weighted by molar-refractivity contribution is 6.01. The molecule has 21 nitrogen and oxygen atoms in total. The van der Waals surface area contributed by atoms with Gasteiger partial charge >= 0.3 is 0 Å². The van der Waals surface area contributed by atoms with Crippen molar-refractivity contribution in [3.8, 4) is 0 Å². The maximum atomic E-state index is 14.4. The zero-order valence-electron chi connectivity index (χ0n) is 51.9. The van der Waals surface area contributed by atoms with Crippen LogP contribution in [-0.4, -0.2) is 162 Å². The van der Waals surface area contributed by atoms with Crippen LogP contribution in [0.5, 0.6) is 0 Å². The average Bonchev–Trinajstić information content (AvgIpc) is 4.08. The zero-order chi connectivity index (χ0) is 63.3. The Bertz CT molecular complexity index is 2400. The van der Waals surface area contributed by atoms with Crippen LogP contribution in [0, 0.1) is 29.5 Å². The number of likely N-dealkylation sites (tertiary alicyclic amines) is 1. The Labute approximate surface area is 495 Å². The van der Waals surface area contributed by atoms with Gasteiger partial charge in [-0.2, -0.15) is 0 Å². The van der Waals surface area contributed by atoms with E-state index in [1.807, 2.05) is 41.5 Å². The first kappa shape index (κ1) is 71.9. The minimum atomic E-state index is -2.51. The molecule has 2 fully saturated rings. The summed E-state index contributed by atoms with van der Waals surface area (Å²) in [7, 11) is 1.50. The third-order valence-corrected chi connectivity index (χ3v) is 15.0. The van der Waals surface area contributed by atoms with Gasteiger partial charge in [-0.15, -0.1) is 0 Å². The van der Waals surface area contributed by atoms with Crippen LogP contribution in [0.4, 0.5) is 13.2 Å². The lowest BCUT2D eigenvalue weighted by Crippen LogP contribution is -2.65. The van der Waals surface area contributed by atoms with Gasteiger partial charge < -0.3 is 52.8 Å². The minimum absolute atomic E-state index is 0.0863. The SMILES string of the molecule is CC(C)C[C@H](NC(=O)[C@H](CCC1CCCCC1)NC(=O)[C@@H]1CCCN1C(=O)c1ccc(F)cc1)C(=O)NC(C)(C)C(=O)N[C@@H](CC(C)C)C(=O)N[C@@H](CC(C)C)C(=O)NC(C)(C)C(=O)NC(C)(C)C(=O)NCCC(=O)NCCN(C)CC(F)F. The molecule has 1 heterocycles. The van der Waals surface area contributed by atoms with E-state index in [9.17, 15) is 61.1 Å². The second-order valence-corrected chi connectivity index (χ2v) is 25.7. The first-order chi connectivity index (χ1) is 39.1. The summed E-state index contributed by atoms with van der Waals surface area (Å²) in [5, 5.41) is 24.6. The smallest absolute Gasteiger partial charge is 0.254 e. The van der Waals surface area contributed by atoms with Gasteiger partial charge in [-0.1, -0.05) is 73.6 Å². The Kier molecular flexibility index (Phi) is 28.6. The van der Waals surface area contributed by atoms with Gasteiger partial charge in [-0.3, -0.25) is 52.8 Å². The lowest BCUT2D eigenvalue weighted by Gasteiger charge is -2.34. The van der Waals surface area contributed by atoms with E-state index in [2.05, 4.69) is 47.9 Å². The lowest BCUT2D eigenvalue weighted by atomic mass is 9.85. The van der Waals surface area contributed by atoms with Gasteiger partial charge in [-0.05, 0) is 141 Å². The van der Waals surface area contributed by atoms with Crippen molar-refractivity contribution < 1.29 is 61.1 Å². The fourth-order valence-corrected chi connectivity index (χ4v) is 10.2. The van der Waals surface area contributed by atoms with Crippen molar-refractivity contribution >= 4 is 59.1 Å². The Morgan fingerprint density at radius 1 is 0.583 bits per heavy atom. The number of hydrogen-bond donors (Lipinski definition) is 9. The van der Waals surface area contributed by atoms with Crippen molar-refractivity contribution in [3.05, 3.63) is 35.6 Å². The third-order valence-electron chi connectivity index (χ3n) is 15.0. The van der Waals surface area contributed by atoms with E-state index < -0.39 is 125 Å². The van der Waals surface area contributed by atoms with Crippen LogP contribution < -0.4 is 47.9 Å². The van der Waals surface area contributed by atoms with Gasteiger partial charge in [0.05, 0.1) is 6.54 Å². The average molecular weight is 1190 g/mol. The van der Waals surface area contributed by atoms with Crippen molar-refractivity contribution in [1.29, 1.82) is 0 Å². The quantitative estimate of drug-likeness (QED) is 0.0477. The Hall–Kier alpha value is -6.33. The Morgan fingerprint density at radius 3 is 1.61 bits per heavy atom. The number of alkyl halides is 2. The Morgan fingerprint density at radius 2 is 1.08 bits per heavy atom. The van der Waals surface area contributed by atoms with Gasteiger partial charge in [0.15, 0.2) is 0 Å². The van der Waals surface area contributed by atoms with E-state index in [0.29, 0.717) is 31.7 Å². The fourth-order valence-electron chi connectivity index (χ4n) is 10.2. The molecule has 84 heavy (non-hydrogen) atoms. The molecule has 0 radical (unpaired) electrons. The molecule has 2 aliphatic rings. The zero-order valence-corrected chi connectivity index (χ0v) is 51.9. The van der Waals surface area contributed by atoms with Gasteiger partial charge in [-0.25, -0.2) is 13.2 Å². The summed E-state index contributed by atoms with van der Waals surface area (Å²) in [5.74, 6) is -6.80. The van der Waals surface area contributed by atoms with E-state index in [1.54, 1.807) is 0 Å². The highest BCUT2D eigenvalue weighted by atomic mass is 19.3. The van der Waals surface area contributed by atoms with Crippen LogP contribution >= 0.6 is 0 Å². The van der Waals surface area contributed by atoms with E-state index in [-0.39, 0.29) is 75.1 Å². The Balaban J connectivity index is 1.71. The standard InChI is InChI=1S/C60H98F3N11O10/c1-36(2)32-43(50(77)68-45(34-38(5)6)52(79)71-60(11,12)57(84)72-58(7,8)55(82)65-28-27-48(75)64-29-31-73(13)35-47(62)63)69-56(83)59(9,10)70-51(78)44(33-37(3)4)67-49(76)42(26-21-39-18-15-14-16-19-39)66-53(80)46-20-17-30-74(46)54(81)40-22-24-41(61)25-23-40/h22-25,36-39,42-47H,14-21,26-35H2,1-13H3,(H,64,75)(H,65,82)(H,66,80)(H,67,76)(H,68,77)(H,69,83)(H,70,78)(H,71,79)(H,72,84)/t42-,43-,44-,45-,46-/m0/s1. The number of halogens is 3. The molecule has 10 amide bonds. The monoisotopic (exact) mass is 1190 g/mol. The molecule has 0 bridgehead atoms. The number of likely N-dealkylation sites (N-methyl/N-ethyl adjacent to an activating group) is 1. The fraction of sp³-hybridized carbons (Fsp3) is 0.733. The summed E-state index contributed by atoms with van der Waals surface area (Å²) < 4.78 is 38.9. The number of carbonyl (C=O) groups is 10. The number of carbonyl (C=O) groups excluding carboxylic acids is 10. The van der Waals surface area contributed by atoms with Crippen LogP contribution in [-0.2, 0) is 43.2 Å². The molecule has 24 heteroatoms. The second kappa shape index (κ2) is 33.4. The maximum Gasteiger partial charge on any atom is 0.254 e. The predicted octanol–water partition coefficient (Wildman–Crippen LogP) is 4.37. The number of nitrogens with zero attached hydrogens (tertiary/aromatic N) is 2. The molecule has 3 rings (SSSR count). The van der Waals surface area contributed by atoms with E-state index in [4.69, 9.17) is 0 Å². The molecular weight excluding hydrogens is 1090 g/mol. The summed E-state index contributed by atoms with van der Waals surface area (Å²) in [6.07, 6.45) is 4.82. The topological polar surface area (TPSA) is 285 Å². The lowest BCUT2D eigenvalue weighted by molar-refractivity contribution is -0.139. The van der Waals surface area contributed by atoms with E-state index in [1.165, 1.54) is 82.7 Å². The molecule has 0 spiro atoms. The minimum Gasteiger partial charge on any atom is -0.355 e. The first-order valence-corrected chi connectivity index (χ1v) is 29.9. The van der Waals surface area contributed by atoms with E-state index in [0.717, 1.165) is 32.1 Å². The van der Waals surface area contributed by atoms with Crippen molar-refractivity contribution in [1.82, 2.24) is 57.7 Å². The van der Waals surface area contributed by atoms with Crippen molar-refractivity contribution in [2.24, 2.45) is 23.7 Å². The summed E-state index contributed by atoms with van der Waals surface area (Å²) in [4.78, 5) is 141. The van der Waals surface area contributed by atoms with Crippen LogP contribution in [0.25, 0.3) is 0 Å². The highest BCUT2D eigenvalue weighted by Gasteiger charge is 2.42. The van der Waals surface area contributed by atoms with Crippen LogP contribution in [0.2, 0.25) is 0 Å². The predicted molar refractivity (Wildman–Crippen MR) is 313 cm³/mol. The first-order valence-electron chi connectivity index (χ1n) is 29.9. The van der Waals surface area contributed by atoms with Crippen LogP contribution in [0.1, 0.15) is 177 Å². The number of nitrogens with one attached hydrogen (secondary N) is 9. The second-order valence-electron chi connectivity index (χ2n) is 25.7. The summed E-state index contributed by atoms with van der Waals surface area (Å²) in [5.41, 5.74) is -4.60. The van der Waals surface area contributed by atoms with Crippen LogP contribution in [0.3, 0.4) is 0 Å². The van der Waals surface area contributed by atoms with Gasteiger partial charge in [0.1, 0.15) is 52.6 Å². The number of amides is 10. The van der Waals surface area contributed by atoms with Gasteiger partial charge in [0.2, 0.25) is 53.2 Å². The van der Waals surface area contributed by atoms with Crippen molar-refractivity contribution in [2.75, 3.05) is 39.8 Å². The van der Waals surface area contributed by atoms with E-state index >= 15 is 0 Å². The molecule has 0 aromatic heterocycles. The molecular formula is C60H98F3N11O10. The summed E-state index contributed by atoms with van der Waals surface area (Å²) >= 11 is 0. The number of benzene rings is 1. The molecule has 9 N–H and O–H groups in total. The molecule has 1 aromatic rings. The van der Waals surface area contributed by atoms with Gasteiger partial charge in [0, 0.05) is 38.2 Å². The largest absolute Gasteiger partial charge is 0.355 e. The molecule has 1 aliphatic heterocycles. The maximum absolute atomic E-state index is 14.4. The summed E-state index contributed by atoms with van der Waals surface area (Å²) in [6.45, 7) is 19.8. The molecule has 0 unspecified atom stereocenters. The van der Waals surface area contributed by atoms with Gasteiger partial charge in [0.25, 0.3) is 12.3 Å². The van der Waals surface area contributed by atoms with Crippen molar-refractivity contribution in [2.45, 2.75) is 220 Å². The molecule has 1 saturated heterocycles. The third kappa shape index (κ3) is 24.3. The van der Waals surface area contributed by atoms with Crippen molar-refractivity contribution in [3.63, 3.8) is 0 Å². The number of rotatable bonds is 33. The van der Waals surface area contributed by atoms with Crippen LogP contribution in [0.15, 0.2) is 24.3 Å². The number of hydrogen-bond acceptors (Lipinski definition) is 11. The molecule has 474 valence electrons. The highest BCUT2D eigenvalue weighted by Crippen LogP contribution is 2.28. The normalized spacial score (nSPS) is 16.6.